The number of halogens is 3. The first-order valence-corrected chi connectivity index (χ1v) is 4.05. The van der Waals surface area contributed by atoms with Gasteiger partial charge >= 0.3 is 0 Å². The molecule has 1 aromatic carbocycles. The second-order valence-electron chi connectivity index (χ2n) is 3.41. The van der Waals surface area contributed by atoms with Gasteiger partial charge in [-0.05, 0) is 18.9 Å². The van der Waals surface area contributed by atoms with Gasteiger partial charge < -0.3 is 10.2 Å². The van der Waals surface area contributed by atoms with Gasteiger partial charge in [0.25, 0.3) is 0 Å². The molecule has 0 aromatic heterocycles. The molecule has 1 fully saturated rings. The summed E-state index contributed by atoms with van der Waals surface area (Å²) in [4.78, 5) is 0. The van der Waals surface area contributed by atoms with E-state index in [1.165, 1.54) is 0 Å². The van der Waals surface area contributed by atoms with Crippen molar-refractivity contribution in [2.24, 2.45) is 0 Å². The Hall–Kier alpha value is -1.23. The van der Waals surface area contributed by atoms with Crippen LogP contribution < -0.4 is 0 Å². The first-order valence-electron chi connectivity index (χ1n) is 4.05. The number of hydrogen-bond acceptors (Lipinski definition) is 2. The highest BCUT2D eigenvalue weighted by Gasteiger charge is 2.45. The fourth-order valence-corrected chi connectivity index (χ4v) is 1.32. The Balaban J connectivity index is 2.62. The number of aromatic hydroxyl groups is 1. The van der Waals surface area contributed by atoms with Gasteiger partial charge in [0.1, 0.15) is 0 Å². The van der Waals surface area contributed by atoms with Crippen molar-refractivity contribution < 1.29 is 23.4 Å². The van der Waals surface area contributed by atoms with Crippen molar-refractivity contribution in [2.75, 3.05) is 0 Å². The van der Waals surface area contributed by atoms with Crippen molar-refractivity contribution >= 4 is 0 Å². The highest BCUT2D eigenvalue weighted by Crippen LogP contribution is 2.48. The maximum absolute atomic E-state index is 13.2. The predicted molar refractivity (Wildman–Crippen MR) is 41.1 cm³/mol. The monoisotopic (exact) mass is 204 g/mol. The van der Waals surface area contributed by atoms with Crippen molar-refractivity contribution in [3.8, 4) is 5.75 Å². The Morgan fingerprint density at radius 1 is 1.14 bits per heavy atom. The third-order valence-corrected chi connectivity index (χ3v) is 2.36. The molecule has 0 saturated heterocycles. The second kappa shape index (κ2) is 2.63. The summed E-state index contributed by atoms with van der Waals surface area (Å²) in [6.45, 7) is 0. The van der Waals surface area contributed by atoms with Gasteiger partial charge in [-0.1, -0.05) is 0 Å². The number of rotatable bonds is 1. The molecular weight excluding hydrogens is 197 g/mol. The minimum Gasteiger partial charge on any atom is -0.503 e. The van der Waals surface area contributed by atoms with E-state index in [1.807, 2.05) is 0 Å². The molecule has 0 amide bonds. The summed E-state index contributed by atoms with van der Waals surface area (Å²) in [7, 11) is 0. The third kappa shape index (κ3) is 1.16. The molecule has 0 unspecified atom stereocenters. The first-order chi connectivity index (χ1) is 6.46. The molecule has 5 heteroatoms. The summed E-state index contributed by atoms with van der Waals surface area (Å²) < 4.78 is 38.6. The predicted octanol–water partition coefficient (Wildman–Crippen LogP) is 1.79. The maximum Gasteiger partial charge on any atom is 0.203 e. The van der Waals surface area contributed by atoms with Crippen molar-refractivity contribution in [1.29, 1.82) is 0 Å². The largest absolute Gasteiger partial charge is 0.503 e. The number of phenolic OH excluding ortho intramolecular Hbond substituents is 1. The Morgan fingerprint density at radius 2 is 1.71 bits per heavy atom. The summed E-state index contributed by atoms with van der Waals surface area (Å²) in [5.41, 5.74) is -1.82. The lowest BCUT2D eigenvalue weighted by Gasteiger charge is -2.11. The number of phenols is 1. The number of benzene rings is 1. The van der Waals surface area contributed by atoms with Crippen LogP contribution in [0.3, 0.4) is 0 Å². The van der Waals surface area contributed by atoms with Crippen LogP contribution in [0, 0.1) is 17.5 Å². The van der Waals surface area contributed by atoms with Crippen LogP contribution in [0.15, 0.2) is 6.07 Å². The Labute approximate surface area is 77.6 Å². The Bertz CT molecular complexity index is 400. The normalized spacial score (nSPS) is 18.3. The molecule has 2 nitrogen and oxygen atoms in total. The fraction of sp³-hybridized carbons (Fsp3) is 0.333. The molecule has 0 radical (unpaired) electrons. The second-order valence-corrected chi connectivity index (χ2v) is 3.41. The molecule has 0 atom stereocenters. The minimum atomic E-state index is -1.63. The van der Waals surface area contributed by atoms with Crippen LogP contribution in [-0.2, 0) is 5.60 Å². The third-order valence-electron chi connectivity index (χ3n) is 2.36. The lowest BCUT2D eigenvalue weighted by atomic mass is 10.1. The topological polar surface area (TPSA) is 40.5 Å². The molecule has 0 heterocycles. The Kier molecular flexibility index (Phi) is 1.75. The molecule has 1 saturated carbocycles. The molecule has 1 aliphatic rings. The molecular formula is C9H7F3O2. The highest BCUT2D eigenvalue weighted by molar-refractivity contribution is 5.38. The molecule has 1 aliphatic carbocycles. The van der Waals surface area contributed by atoms with Crippen LogP contribution in [0.25, 0.3) is 0 Å². The fourth-order valence-electron chi connectivity index (χ4n) is 1.32. The maximum atomic E-state index is 13.2. The quantitative estimate of drug-likeness (QED) is 0.684. The van der Waals surface area contributed by atoms with E-state index in [0.717, 1.165) is 0 Å². The SMILES string of the molecule is Oc1c(F)c(F)cc(C2(O)CC2)c1F. The summed E-state index contributed by atoms with van der Waals surface area (Å²) >= 11 is 0. The van der Waals surface area contributed by atoms with Gasteiger partial charge in [-0.15, -0.1) is 0 Å². The zero-order valence-electron chi connectivity index (χ0n) is 7.02. The van der Waals surface area contributed by atoms with E-state index in [-0.39, 0.29) is 18.4 Å². The van der Waals surface area contributed by atoms with Gasteiger partial charge in [-0.3, -0.25) is 0 Å². The van der Waals surface area contributed by atoms with Crippen LogP contribution in [-0.4, -0.2) is 10.2 Å². The molecule has 0 aliphatic heterocycles. The molecule has 2 rings (SSSR count). The van der Waals surface area contributed by atoms with Crippen LogP contribution >= 0.6 is 0 Å². The van der Waals surface area contributed by atoms with Gasteiger partial charge in [0.05, 0.1) is 5.60 Å². The van der Waals surface area contributed by atoms with Crippen molar-refractivity contribution in [1.82, 2.24) is 0 Å². The van der Waals surface area contributed by atoms with Crippen molar-refractivity contribution in [3.63, 3.8) is 0 Å². The average molecular weight is 204 g/mol. The van der Waals surface area contributed by atoms with Gasteiger partial charge in [0.15, 0.2) is 17.4 Å². The van der Waals surface area contributed by atoms with Crippen LogP contribution in [0.5, 0.6) is 5.75 Å². The van der Waals surface area contributed by atoms with Crippen LogP contribution in [0.4, 0.5) is 13.2 Å². The number of hydrogen-bond donors (Lipinski definition) is 2. The lowest BCUT2D eigenvalue weighted by molar-refractivity contribution is 0.144. The summed E-state index contributed by atoms with van der Waals surface area (Å²) in [5.74, 6) is -5.65. The van der Waals surface area contributed by atoms with E-state index < -0.39 is 28.8 Å². The summed E-state index contributed by atoms with van der Waals surface area (Å²) in [5, 5.41) is 18.3. The van der Waals surface area contributed by atoms with E-state index in [0.29, 0.717) is 6.07 Å². The van der Waals surface area contributed by atoms with E-state index in [9.17, 15) is 18.3 Å². The zero-order valence-corrected chi connectivity index (χ0v) is 7.02. The van der Waals surface area contributed by atoms with Gasteiger partial charge in [-0.2, -0.15) is 4.39 Å². The highest BCUT2D eigenvalue weighted by atomic mass is 19.2. The molecule has 0 bridgehead atoms. The van der Waals surface area contributed by atoms with E-state index >= 15 is 0 Å². The lowest BCUT2D eigenvalue weighted by Crippen LogP contribution is -2.09. The molecule has 1 aromatic rings. The molecule has 76 valence electrons. The molecule has 0 spiro atoms. The first kappa shape index (κ1) is 9.33. The molecule has 14 heavy (non-hydrogen) atoms. The van der Waals surface area contributed by atoms with Gasteiger partial charge in [0, 0.05) is 5.56 Å². The van der Waals surface area contributed by atoms with Crippen LogP contribution in [0.2, 0.25) is 0 Å². The minimum absolute atomic E-state index is 0.286. The van der Waals surface area contributed by atoms with E-state index in [4.69, 9.17) is 5.11 Å². The smallest absolute Gasteiger partial charge is 0.203 e. The van der Waals surface area contributed by atoms with Crippen molar-refractivity contribution in [3.05, 3.63) is 29.1 Å². The summed E-state index contributed by atoms with van der Waals surface area (Å²) in [6.07, 6.45) is 0.572. The number of aliphatic hydroxyl groups is 1. The van der Waals surface area contributed by atoms with Crippen molar-refractivity contribution in [2.45, 2.75) is 18.4 Å². The molecule has 2 N–H and O–H groups in total. The standard InChI is InChI=1S/C9H7F3O2/c10-5-3-4(9(14)1-2-9)6(11)8(13)7(5)12/h3,13-14H,1-2H2. The Morgan fingerprint density at radius 3 is 2.21 bits per heavy atom. The van der Waals surface area contributed by atoms with E-state index in [2.05, 4.69) is 0 Å². The van der Waals surface area contributed by atoms with Gasteiger partial charge in [0.2, 0.25) is 5.82 Å². The summed E-state index contributed by atoms with van der Waals surface area (Å²) in [6, 6.07) is 0.581. The van der Waals surface area contributed by atoms with Gasteiger partial charge in [-0.25, -0.2) is 8.78 Å². The average Bonchev–Trinajstić information content (AvgIpc) is 2.87. The zero-order chi connectivity index (χ0) is 10.5. The van der Waals surface area contributed by atoms with E-state index in [1.54, 1.807) is 0 Å². The van der Waals surface area contributed by atoms with Crippen LogP contribution in [0.1, 0.15) is 18.4 Å².